The second-order valence-electron chi connectivity index (χ2n) is 5.78. The van der Waals surface area contributed by atoms with Gasteiger partial charge in [-0.25, -0.2) is 14.5 Å². The molecule has 0 aliphatic rings. The van der Waals surface area contributed by atoms with E-state index in [2.05, 4.69) is 6.92 Å². The molecule has 0 aromatic heterocycles. The molecule has 25 heavy (non-hydrogen) atoms. The van der Waals surface area contributed by atoms with E-state index in [1.54, 1.807) is 24.3 Å². The van der Waals surface area contributed by atoms with Crippen LogP contribution in [0.1, 0.15) is 58.8 Å². The van der Waals surface area contributed by atoms with E-state index >= 15 is 0 Å². The molecule has 6 heteroatoms. The van der Waals surface area contributed by atoms with E-state index < -0.39 is 17.9 Å². The van der Waals surface area contributed by atoms with Crippen LogP contribution in [0.2, 0.25) is 0 Å². The highest BCUT2D eigenvalue weighted by atomic mass is 17.2. The van der Waals surface area contributed by atoms with Crippen LogP contribution < -0.4 is 4.89 Å². The summed E-state index contributed by atoms with van der Waals surface area (Å²) in [6.07, 6.45) is 5.77. The summed E-state index contributed by atoms with van der Waals surface area (Å²) < 4.78 is 0. The fourth-order valence-corrected chi connectivity index (χ4v) is 2.12. The molecule has 1 rings (SSSR count). The van der Waals surface area contributed by atoms with Crippen LogP contribution in [0, 0.1) is 5.92 Å². The van der Waals surface area contributed by atoms with Crippen molar-refractivity contribution in [2.75, 3.05) is 6.61 Å². The second-order valence-corrected chi connectivity index (χ2v) is 5.78. The van der Waals surface area contributed by atoms with Crippen LogP contribution in [0.4, 0.5) is 0 Å². The van der Waals surface area contributed by atoms with Crippen molar-refractivity contribution >= 4 is 11.9 Å². The SMILES string of the molecule is CCCCCOOC(=O)C(CCCCC)C(=O)OOc1ccccc1. The minimum absolute atomic E-state index is 0.316. The Morgan fingerprint density at radius 1 is 0.880 bits per heavy atom. The van der Waals surface area contributed by atoms with Gasteiger partial charge in [0.05, 0.1) is 6.61 Å². The molecule has 0 radical (unpaired) electrons. The molecule has 0 amide bonds. The Kier molecular flexibility index (Phi) is 11.1. The van der Waals surface area contributed by atoms with Crippen molar-refractivity contribution in [3.05, 3.63) is 30.3 Å². The van der Waals surface area contributed by atoms with Crippen molar-refractivity contribution in [1.82, 2.24) is 0 Å². The van der Waals surface area contributed by atoms with Crippen LogP contribution in [0.3, 0.4) is 0 Å². The van der Waals surface area contributed by atoms with Crippen molar-refractivity contribution in [3.63, 3.8) is 0 Å². The summed E-state index contributed by atoms with van der Waals surface area (Å²) in [6.45, 7) is 4.43. The van der Waals surface area contributed by atoms with Gasteiger partial charge in [-0.1, -0.05) is 64.2 Å². The molecule has 0 spiro atoms. The number of carbonyl (C=O) groups excluding carboxylic acids is 2. The van der Waals surface area contributed by atoms with Gasteiger partial charge in [-0.3, -0.25) is 9.78 Å². The van der Waals surface area contributed by atoms with Crippen LogP contribution in [-0.2, 0) is 24.3 Å². The lowest BCUT2D eigenvalue weighted by molar-refractivity contribution is -0.279. The highest BCUT2D eigenvalue weighted by molar-refractivity contribution is 5.94. The van der Waals surface area contributed by atoms with Crippen molar-refractivity contribution in [2.24, 2.45) is 5.92 Å². The Hall–Kier alpha value is -2.08. The fraction of sp³-hybridized carbons (Fsp3) is 0.579. The number of carbonyl (C=O) groups is 2. The van der Waals surface area contributed by atoms with E-state index in [1.807, 2.05) is 13.0 Å². The first-order valence-corrected chi connectivity index (χ1v) is 8.95. The lowest BCUT2D eigenvalue weighted by Gasteiger charge is -2.13. The summed E-state index contributed by atoms with van der Waals surface area (Å²) in [4.78, 5) is 43.7. The van der Waals surface area contributed by atoms with Crippen molar-refractivity contribution < 1.29 is 29.1 Å². The van der Waals surface area contributed by atoms with Gasteiger partial charge in [0.1, 0.15) is 0 Å². The zero-order chi connectivity index (χ0) is 18.3. The first kappa shape index (κ1) is 21.0. The van der Waals surface area contributed by atoms with Gasteiger partial charge in [0.15, 0.2) is 11.7 Å². The van der Waals surface area contributed by atoms with Gasteiger partial charge in [-0.05, 0) is 25.0 Å². The third-order valence-corrected chi connectivity index (χ3v) is 3.60. The number of hydrogen-bond donors (Lipinski definition) is 0. The zero-order valence-electron chi connectivity index (χ0n) is 15.1. The monoisotopic (exact) mass is 352 g/mol. The third-order valence-electron chi connectivity index (χ3n) is 3.60. The van der Waals surface area contributed by atoms with E-state index in [0.717, 1.165) is 32.1 Å². The summed E-state index contributed by atoms with van der Waals surface area (Å²) >= 11 is 0. The Bertz CT molecular complexity index is 488. The zero-order valence-corrected chi connectivity index (χ0v) is 15.1. The molecule has 0 N–H and O–H groups in total. The van der Waals surface area contributed by atoms with Gasteiger partial charge in [0.25, 0.3) is 0 Å². The van der Waals surface area contributed by atoms with Crippen molar-refractivity contribution in [1.29, 1.82) is 0 Å². The lowest BCUT2D eigenvalue weighted by atomic mass is 10.0. The number of para-hydroxylation sites is 1. The Labute approximate surface area is 149 Å². The lowest BCUT2D eigenvalue weighted by Crippen LogP contribution is -2.29. The quantitative estimate of drug-likeness (QED) is 0.227. The maximum Gasteiger partial charge on any atom is 0.369 e. The minimum atomic E-state index is -1.05. The molecule has 1 aromatic carbocycles. The summed E-state index contributed by atoms with van der Waals surface area (Å²) in [5.74, 6) is -2.19. The Balaban J connectivity index is 2.48. The molecule has 0 fully saturated rings. The van der Waals surface area contributed by atoms with Crippen molar-refractivity contribution in [2.45, 2.75) is 58.8 Å². The molecule has 1 atom stereocenters. The summed E-state index contributed by atoms with van der Waals surface area (Å²) in [5, 5.41) is 0. The third kappa shape index (κ3) is 9.10. The maximum absolute atomic E-state index is 12.2. The van der Waals surface area contributed by atoms with Crippen LogP contribution >= 0.6 is 0 Å². The summed E-state index contributed by atoms with van der Waals surface area (Å²) in [6, 6.07) is 8.61. The number of benzene rings is 1. The highest BCUT2D eigenvalue weighted by Gasteiger charge is 2.32. The molecule has 0 heterocycles. The van der Waals surface area contributed by atoms with E-state index in [0.29, 0.717) is 25.2 Å². The van der Waals surface area contributed by atoms with Gasteiger partial charge in [-0.15, -0.1) is 0 Å². The Morgan fingerprint density at radius 3 is 2.20 bits per heavy atom. The van der Waals surface area contributed by atoms with E-state index in [4.69, 9.17) is 19.6 Å². The molecule has 0 saturated carbocycles. The first-order valence-electron chi connectivity index (χ1n) is 8.95. The van der Waals surface area contributed by atoms with E-state index in [-0.39, 0.29) is 0 Å². The van der Waals surface area contributed by atoms with Gasteiger partial charge < -0.3 is 0 Å². The topological polar surface area (TPSA) is 71.1 Å². The summed E-state index contributed by atoms with van der Waals surface area (Å²) in [7, 11) is 0. The van der Waals surface area contributed by atoms with Crippen LogP contribution in [0.5, 0.6) is 5.75 Å². The first-order chi connectivity index (χ1) is 12.2. The second kappa shape index (κ2) is 13.2. The molecule has 0 aliphatic heterocycles. The smallest absolute Gasteiger partial charge is 0.297 e. The molecule has 0 bridgehead atoms. The molecule has 0 aliphatic carbocycles. The number of unbranched alkanes of at least 4 members (excludes halogenated alkanes) is 4. The van der Waals surface area contributed by atoms with Crippen LogP contribution in [0.15, 0.2) is 30.3 Å². The van der Waals surface area contributed by atoms with E-state index in [9.17, 15) is 9.59 Å². The van der Waals surface area contributed by atoms with Gasteiger partial charge in [0.2, 0.25) is 0 Å². The standard InChI is InChI=1S/C19H28O6/c1-3-5-8-14-17(18(20)24-22-15-11-6-4-2)19(21)25-23-16-12-9-7-10-13-16/h7,9-10,12-13,17H,3-6,8,11,14-15H2,1-2H3. The number of rotatable bonds is 13. The average Bonchev–Trinajstić information content (AvgIpc) is 2.64. The van der Waals surface area contributed by atoms with Crippen LogP contribution in [0.25, 0.3) is 0 Å². The number of hydrogen-bond acceptors (Lipinski definition) is 6. The van der Waals surface area contributed by atoms with Gasteiger partial charge >= 0.3 is 11.9 Å². The highest BCUT2D eigenvalue weighted by Crippen LogP contribution is 2.16. The molecular weight excluding hydrogens is 324 g/mol. The summed E-state index contributed by atoms with van der Waals surface area (Å²) in [5.41, 5.74) is 0. The van der Waals surface area contributed by atoms with Gasteiger partial charge in [-0.2, -0.15) is 4.89 Å². The molecule has 1 unspecified atom stereocenters. The average molecular weight is 352 g/mol. The molecule has 140 valence electrons. The van der Waals surface area contributed by atoms with Crippen LogP contribution in [-0.4, -0.2) is 18.5 Å². The maximum atomic E-state index is 12.2. The fourth-order valence-electron chi connectivity index (χ4n) is 2.12. The largest absolute Gasteiger partial charge is 0.369 e. The molecular formula is C19H28O6. The predicted octanol–water partition coefficient (Wildman–Crippen LogP) is 4.39. The van der Waals surface area contributed by atoms with E-state index in [1.165, 1.54) is 0 Å². The molecule has 6 nitrogen and oxygen atoms in total. The molecule has 1 aromatic rings. The normalized spacial score (nSPS) is 11.6. The Morgan fingerprint density at radius 2 is 1.52 bits per heavy atom. The van der Waals surface area contributed by atoms with Gasteiger partial charge in [0, 0.05) is 0 Å². The minimum Gasteiger partial charge on any atom is -0.297 e. The van der Waals surface area contributed by atoms with Crippen molar-refractivity contribution in [3.8, 4) is 5.75 Å². The molecule has 0 saturated heterocycles. The predicted molar refractivity (Wildman–Crippen MR) is 92.4 cm³/mol.